The minimum atomic E-state index is -5.08. The number of aromatic hydroxyl groups is 1. The first-order valence-corrected chi connectivity index (χ1v) is 30.7. The first-order valence-electron chi connectivity index (χ1n) is 30.7. The molecule has 30 nitrogen and oxygen atoms in total. The number of imidazole rings is 1. The summed E-state index contributed by atoms with van der Waals surface area (Å²) in [4.78, 5) is 164. The topological polar surface area (TPSA) is 469 Å². The molecule has 33 heteroatoms. The summed E-state index contributed by atoms with van der Waals surface area (Å²) in [6, 6.07) is 1.58. The Hall–Kier alpha value is -9.82. The number of para-hydroxylation sites is 1. The summed E-state index contributed by atoms with van der Waals surface area (Å²) in [5, 5.41) is 53.0. The molecule has 2 aromatic heterocycles. The van der Waals surface area contributed by atoms with Gasteiger partial charge in [0.15, 0.2) is 5.96 Å². The van der Waals surface area contributed by atoms with Crippen molar-refractivity contribution in [2.45, 2.75) is 166 Å². The number of aromatic amines is 2. The van der Waals surface area contributed by atoms with E-state index in [1.165, 1.54) is 41.7 Å². The number of amides is 10. The van der Waals surface area contributed by atoms with Crippen molar-refractivity contribution in [3.8, 4) is 5.75 Å². The van der Waals surface area contributed by atoms with Gasteiger partial charge in [-0.1, -0.05) is 58.0 Å². The lowest BCUT2D eigenvalue weighted by Crippen LogP contribution is -2.61. The molecular weight excluding hydrogens is 1240 g/mol. The van der Waals surface area contributed by atoms with Gasteiger partial charge in [0.2, 0.25) is 59.1 Å². The number of benzene rings is 2. The van der Waals surface area contributed by atoms with Crippen LogP contribution in [0.5, 0.6) is 5.75 Å². The zero-order valence-electron chi connectivity index (χ0n) is 52.8. The lowest BCUT2D eigenvalue weighted by atomic mass is 9.98. The number of carbonyl (C=O) groups is 11. The van der Waals surface area contributed by atoms with Gasteiger partial charge in [-0.2, -0.15) is 13.2 Å². The number of nitrogens with two attached hydrogens (primary N) is 2. The van der Waals surface area contributed by atoms with Gasteiger partial charge in [0, 0.05) is 74.3 Å². The van der Waals surface area contributed by atoms with Gasteiger partial charge < -0.3 is 89.5 Å². The molecule has 4 aromatic rings. The van der Waals surface area contributed by atoms with Crippen LogP contribution in [-0.4, -0.2) is 193 Å². The Bertz CT molecular complexity index is 3290. The molecule has 2 aliphatic rings. The zero-order valence-corrected chi connectivity index (χ0v) is 52.8. The number of aliphatic hydroxyl groups excluding tert-OH is 1. The van der Waals surface area contributed by atoms with Crippen LogP contribution in [0.25, 0.3) is 10.9 Å². The van der Waals surface area contributed by atoms with Crippen LogP contribution in [0.2, 0.25) is 0 Å². The molecule has 94 heavy (non-hydrogen) atoms. The van der Waals surface area contributed by atoms with Crippen molar-refractivity contribution in [1.29, 1.82) is 0 Å². The van der Waals surface area contributed by atoms with Crippen LogP contribution in [0.3, 0.4) is 0 Å². The highest BCUT2D eigenvalue weighted by molar-refractivity contribution is 5.99. The van der Waals surface area contributed by atoms with E-state index in [4.69, 9.17) is 21.4 Å². The maximum atomic E-state index is 14.7. The van der Waals surface area contributed by atoms with Gasteiger partial charge in [-0.05, 0) is 93.0 Å². The Kier molecular flexibility index (Phi) is 28.6. The van der Waals surface area contributed by atoms with E-state index in [0.717, 1.165) is 5.52 Å². The maximum Gasteiger partial charge on any atom is 0.490 e. The fourth-order valence-corrected chi connectivity index (χ4v) is 10.5. The van der Waals surface area contributed by atoms with Gasteiger partial charge in [0.1, 0.15) is 60.1 Å². The first kappa shape index (κ1) is 74.9. The number of aliphatic imine (C=N–C) groups is 1. The summed E-state index contributed by atoms with van der Waals surface area (Å²) >= 11 is 0. The van der Waals surface area contributed by atoms with Crippen LogP contribution in [0, 0.1) is 11.8 Å². The number of aliphatic hydroxyl groups is 1. The number of phenolic OH excluding ortho intramolecular Hbond substituents is 1. The molecule has 2 aromatic carbocycles. The highest BCUT2D eigenvalue weighted by atomic mass is 19.4. The van der Waals surface area contributed by atoms with Gasteiger partial charge >= 0.3 is 12.1 Å². The maximum absolute atomic E-state index is 14.7. The molecule has 10 amide bonds. The van der Waals surface area contributed by atoms with E-state index in [2.05, 4.69) is 67.8 Å². The fraction of sp³-hybridized carbons (Fsp3) is 0.525. The molecule has 18 N–H and O–H groups in total. The highest BCUT2D eigenvalue weighted by Gasteiger charge is 2.41. The summed E-state index contributed by atoms with van der Waals surface area (Å²) < 4.78 is 31.7. The number of hydrogen-bond donors (Lipinski definition) is 16. The number of carboxylic acids is 1. The average Bonchev–Trinajstić information content (AvgIpc) is 2.61. The van der Waals surface area contributed by atoms with Crippen molar-refractivity contribution in [2.75, 3.05) is 26.2 Å². The van der Waals surface area contributed by atoms with Crippen LogP contribution in [0.4, 0.5) is 13.2 Å². The Morgan fingerprint density at radius 1 is 0.713 bits per heavy atom. The normalized spacial score (nSPS) is 16.7. The summed E-state index contributed by atoms with van der Waals surface area (Å²) in [5.41, 5.74) is 13.3. The SMILES string of the molecule is CCNC(=O)[C@@H]1CCCN1C(=O)[C@H](CCCN=C(N)N)NC(=O)[C@H](CC(C)C)NC(=O)[C@@H](CC(C)C)NC(=O)[C@H](Cc1ccc(O)cc1)NC(=O)[C@H](CO)NC(=O)[C@@H](Cc1c[nH]c2ccccc12)NC(=O)[C@H](Cc1cnc[nH]1)NC(=O)[C@@H]1CCC(=O)N1.O=C(O)C(F)(F)F. The van der Waals surface area contributed by atoms with Crippen LogP contribution in [-0.2, 0) is 72.0 Å². The van der Waals surface area contributed by atoms with Crippen molar-refractivity contribution >= 4 is 81.9 Å². The number of aliphatic carboxylic acids is 1. The minimum Gasteiger partial charge on any atom is -0.508 e. The number of nitrogens with zero attached hydrogens (tertiary/aromatic N) is 3. The summed E-state index contributed by atoms with van der Waals surface area (Å²) in [6.45, 7) is 8.82. The molecule has 0 radical (unpaired) electrons. The van der Waals surface area contributed by atoms with E-state index < -0.39 is 120 Å². The Balaban J connectivity index is 0.00000216. The summed E-state index contributed by atoms with van der Waals surface area (Å²) in [6.07, 6.45) is 0.721. The molecular formula is C61H85F3N16O14. The Labute approximate surface area is 539 Å². The molecule has 6 rings (SSSR count). The van der Waals surface area contributed by atoms with Gasteiger partial charge in [-0.25, -0.2) is 9.78 Å². The number of aromatic nitrogens is 3. The lowest BCUT2D eigenvalue weighted by Gasteiger charge is -2.31. The number of H-pyrrole nitrogens is 2. The third kappa shape index (κ3) is 23.4. The van der Waals surface area contributed by atoms with Gasteiger partial charge in [0.05, 0.1) is 12.9 Å². The fourth-order valence-electron chi connectivity index (χ4n) is 10.5. The zero-order chi connectivity index (χ0) is 69.4. The summed E-state index contributed by atoms with van der Waals surface area (Å²) in [7, 11) is 0. The van der Waals surface area contributed by atoms with Gasteiger partial charge in [-0.3, -0.25) is 52.9 Å². The number of carbonyl (C=O) groups excluding carboxylic acids is 10. The molecule has 2 saturated heterocycles. The number of alkyl halides is 3. The van der Waals surface area contributed by atoms with Crippen molar-refractivity contribution in [2.24, 2.45) is 28.3 Å². The Morgan fingerprint density at radius 3 is 1.79 bits per heavy atom. The van der Waals surface area contributed by atoms with E-state index >= 15 is 0 Å². The van der Waals surface area contributed by atoms with E-state index in [-0.39, 0.29) is 106 Å². The molecule has 0 bridgehead atoms. The number of fused-ring (bicyclic) bond motifs is 1. The number of likely N-dealkylation sites (N-methyl/N-ethyl adjacent to an activating group) is 1. The van der Waals surface area contributed by atoms with E-state index in [0.29, 0.717) is 41.6 Å². The quantitative estimate of drug-likeness (QED) is 0.0162. The standard InChI is InChI=1S/C59H84N16O12.C2HF3O2/c1-6-63-57(86)48-14-10-22-75(48)58(87)41(13-9-21-64-59(60)61)68-51(80)42(23-32(2)3)69-52(81)43(24-33(4)5)70-53(82)44(25-34-15-17-37(77)18-16-34)71-56(85)47(30-76)74-54(83)45(26-35-28-65-39-12-8-7-11-38(35)39)72-55(84)46(27-36-29-62-31-66-36)73-50(79)40-19-20-49(78)67-40;3-2(4,5)1(6)7/h7-8,11-12,15-18,28-29,31-33,40-48,65,76-77H,6,9-10,13-14,19-27,30H2,1-5H3,(H,62,66)(H,63,86)(H,67,78)(H,68,80)(H,69,81)(H,70,82)(H,71,85)(H,72,84)(H,73,79)(H,74,83)(H4,60,61,64);(H,6,7)/t40-,41-,42-,43+,44-,45+,46-,47-,48-;/m0./s1. The highest BCUT2D eigenvalue weighted by Crippen LogP contribution is 2.23. The molecule has 4 heterocycles. The predicted octanol–water partition coefficient (Wildman–Crippen LogP) is -0.805. The second-order valence-electron chi connectivity index (χ2n) is 23.6. The van der Waals surface area contributed by atoms with E-state index in [9.17, 15) is 71.3 Å². The molecule has 0 unspecified atom stereocenters. The number of nitrogens with one attached hydrogen (secondary N) is 11. The Morgan fingerprint density at radius 2 is 1.26 bits per heavy atom. The number of halogens is 3. The number of rotatable bonds is 32. The molecule has 0 spiro atoms. The molecule has 2 fully saturated rings. The number of guanidine groups is 1. The third-order valence-electron chi connectivity index (χ3n) is 15.2. The van der Waals surface area contributed by atoms with Gasteiger partial charge in [0.25, 0.3) is 0 Å². The molecule has 2 aliphatic heterocycles. The molecule has 0 aliphatic carbocycles. The van der Waals surface area contributed by atoms with Crippen LogP contribution >= 0.6 is 0 Å². The molecule has 0 saturated carbocycles. The number of phenols is 1. The number of likely N-dealkylation sites (tertiary alicyclic amines) is 1. The lowest BCUT2D eigenvalue weighted by molar-refractivity contribution is -0.192. The first-order chi connectivity index (χ1) is 44.5. The monoisotopic (exact) mass is 1320 g/mol. The second-order valence-corrected chi connectivity index (χ2v) is 23.6. The van der Waals surface area contributed by atoms with Crippen molar-refractivity contribution in [3.63, 3.8) is 0 Å². The van der Waals surface area contributed by atoms with Crippen LogP contribution < -0.4 is 59.3 Å². The van der Waals surface area contributed by atoms with E-state index in [1.54, 1.807) is 45.2 Å². The minimum absolute atomic E-state index is 0.0397. The summed E-state index contributed by atoms with van der Waals surface area (Å²) in [5.74, 6) is -10.3. The second kappa shape index (κ2) is 35.8. The predicted molar refractivity (Wildman–Crippen MR) is 334 cm³/mol. The number of hydrogen-bond acceptors (Lipinski definition) is 15. The van der Waals surface area contributed by atoms with Crippen LogP contribution in [0.15, 0.2) is 72.2 Å². The van der Waals surface area contributed by atoms with Crippen molar-refractivity contribution in [3.05, 3.63) is 84.1 Å². The van der Waals surface area contributed by atoms with E-state index in [1.807, 2.05) is 19.9 Å². The largest absolute Gasteiger partial charge is 0.508 e. The number of carboxylic acid groups (broad SMARTS) is 1. The molecule has 9 atom stereocenters. The third-order valence-corrected chi connectivity index (χ3v) is 15.2. The molecule has 514 valence electrons. The van der Waals surface area contributed by atoms with Crippen LogP contribution in [0.1, 0.15) is 103 Å². The average molecular weight is 1320 g/mol. The van der Waals surface area contributed by atoms with Crippen molar-refractivity contribution < 1.29 is 81.2 Å². The smallest absolute Gasteiger partial charge is 0.490 e. The van der Waals surface area contributed by atoms with Crippen molar-refractivity contribution in [1.82, 2.24) is 67.7 Å². The van der Waals surface area contributed by atoms with Gasteiger partial charge in [-0.15, -0.1) is 0 Å².